The van der Waals surface area contributed by atoms with Crippen LogP contribution in [-0.4, -0.2) is 22.4 Å². The number of aromatic amines is 1. The molecule has 4 aliphatic carbocycles. The molecule has 4 fully saturated rings. The number of carbonyl (C=O) groups is 1. The smallest absolute Gasteiger partial charge is 0.226 e. The van der Waals surface area contributed by atoms with Crippen molar-refractivity contribution in [3.8, 4) is 0 Å². The molecule has 4 aliphatic rings. The van der Waals surface area contributed by atoms with E-state index in [2.05, 4.69) is 21.4 Å². The average molecular weight is 337 g/mol. The summed E-state index contributed by atoms with van der Waals surface area (Å²) in [5.74, 6) is 3.84. The molecule has 132 valence electrons. The molecule has 0 unspecified atom stereocenters. The van der Waals surface area contributed by atoms with Gasteiger partial charge >= 0.3 is 0 Å². The molecule has 0 radical (unpaired) electrons. The number of fused-ring (bicyclic) bond motifs is 1. The topological polar surface area (TPSA) is 57.8 Å². The van der Waals surface area contributed by atoms with Gasteiger partial charge in [0.1, 0.15) is 5.82 Å². The second-order valence-electron chi connectivity index (χ2n) is 8.76. The minimum absolute atomic E-state index is 0.0197. The van der Waals surface area contributed by atoms with E-state index in [1.54, 1.807) is 0 Å². The van der Waals surface area contributed by atoms with Gasteiger partial charge in [0, 0.05) is 18.4 Å². The van der Waals surface area contributed by atoms with Crippen LogP contribution in [0.15, 0.2) is 24.3 Å². The largest absolute Gasteiger partial charge is 0.356 e. The monoisotopic (exact) mass is 337 g/mol. The molecule has 0 spiro atoms. The first kappa shape index (κ1) is 15.4. The number of amides is 1. The number of aryl methyl sites for hydroxylation is 1. The van der Waals surface area contributed by atoms with Crippen molar-refractivity contribution in [3.05, 3.63) is 30.1 Å². The highest BCUT2D eigenvalue weighted by atomic mass is 16.2. The first-order chi connectivity index (χ1) is 12.2. The first-order valence-electron chi connectivity index (χ1n) is 9.92. The van der Waals surface area contributed by atoms with E-state index in [-0.39, 0.29) is 5.41 Å². The number of rotatable bonds is 5. The highest BCUT2D eigenvalue weighted by molar-refractivity contribution is 5.83. The second kappa shape index (κ2) is 5.86. The molecular formula is C21H27N3O. The van der Waals surface area contributed by atoms with Gasteiger partial charge in [0.25, 0.3) is 0 Å². The summed E-state index contributed by atoms with van der Waals surface area (Å²) in [6, 6.07) is 8.12. The van der Waals surface area contributed by atoms with Crippen molar-refractivity contribution in [2.24, 2.45) is 23.2 Å². The van der Waals surface area contributed by atoms with E-state index in [4.69, 9.17) is 0 Å². The van der Waals surface area contributed by atoms with Gasteiger partial charge in [-0.2, -0.15) is 0 Å². The van der Waals surface area contributed by atoms with E-state index >= 15 is 0 Å². The fraction of sp³-hybridized carbons (Fsp3) is 0.619. The highest BCUT2D eigenvalue weighted by Crippen LogP contribution is 2.60. The van der Waals surface area contributed by atoms with Gasteiger partial charge in [-0.1, -0.05) is 12.1 Å². The number of carbonyl (C=O) groups excluding carboxylic acids is 1. The second-order valence-corrected chi connectivity index (χ2v) is 8.76. The van der Waals surface area contributed by atoms with Crippen molar-refractivity contribution in [3.63, 3.8) is 0 Å². The maximum absolute atomic E-state index is 12.9. The summed E-state index contributed by atoms with van der Waals surface area (Å²) in [7, 11) is 0. The summed E-state index contributed by atoms with van der Waals surface area (Å²) in [5.41, 5.74) is 2.10. The van der Waals surface area contributed by atoms with Gasteiger partial charge in [-0.25, -0.2) is 4.98 Å². The molecule has 2 N–H and O–H groups in total. The zero-order valence-electron chi connectivity index (χ0n) is 14.8. The molecule has 4 bridgehead atoms. The summed E-state index contributed by atoms with van der Waals surface area (Å²) in [6.45, 7) is 0.762. The third kappa shape index (κ3) is 2.76. The Bertz CT molecular complexity index is 725. The normalized spacial score (nSPS) is 33.0. The van der Waals surface area contributed by atoms with Crippen molar-refractivity contribution in [1.29, 1.82) is 0 Å². The van der Waals surface area contributed by atoms with E-state index in [1.807, 2.05) is 18.2 Å². The van der Waals surface area contributed by atoms with E-state index in [1.165, 1.54) is 19.3 Å². The summed E-state index contributed by atoms with van der Waals surface area (Å²) < 4.78 is 0. The Hall–Kier alpha value is -1.84. The van der Waals surface area contributed by atoms with Crippen molar-refractivity contribution < 1.29 is 4.79 Å². The van der Waals surface area contributed by atoms with Gasteiger partial charge in [-0.15, -0.1) is 0 Å². The molecule has 25 heavy (non-hydrogen) atoms. The molecule has 4 nitrogen and oxygen atoms in total. The van der Waals surface area contributed by atoms with Gasteiger partial charge in [0.05, 0.1) is 11.0 Å². The summed E-state index contributed by atoms with van der Waals surface area (Å²) in [4.78, 5) is 20.9. The molecule has 6 rings (SSSR count). The minimum atomic E-state index is -0.0197. The van der Waals surface area contributed by atoms with Crippen LogP contribution in [0.1, 0.15) is 50.8 Å². The van der Waals surface area contributed by atoms with Gasteiger partial charge < -0.3 is 10.3 Å². The van der Waals surface area contributed by atoms with Gasteiger partial charge in [0.2, 0.25) is 5.91 Å². The predicted molar refractivity (Wildman–Crippen MR) is 98.0 cm³/mol. The molecular weight excluding hydrogens is 310 g/mol. The van der Waals surface area contributed by atoms with Gasteiger partial charge in [-0.3, -0.25) is 4.79 Å². The van der Waals surface area contributed by atoms with Gasteiger partial charge in [-0.05, 0) is 74.8 Å². The van der Waals surface area contributed by atoms with Crippen LogP contribution in [0.25, 0.3) is 11.0 Å². The summed E-state index contributed by atoms with van der Waals surface area (Å²) in [5, 5.41) is 3.26. The van der Waals surface area contributed by atoms with Crippen molar-refractivity contribution >= 4 is 16.9 Å². The number of benzene rings is 1. The molecule has 4 heteroatoms. The number of nitrogens with zero attached hydrogens (tertiary/aromatic N) is 1. The average Bonchev–Trinajstić information content (AvgIpc) is 3.00. The predicted octanol–water partition coefficient (Wildman–Crippen LogP) is 3.83. The van der Waals surface area contributed by atoms with E-state index in [0.29, 0.717) is 5.91 Å². The van der Waals surface area contributed by atoms with E-state index in [9.17, 15) is 4.79 Å². The molecule has 0 saturated heterocycles. The zero-order chi connectivity index (χ0) is 16.9. The fourth-order valence-electron chi connectivity index (χ4n) is 6.16. The van der Waals surface area contributed by atoms with Crippen LogP contribution in [0.4, 0.5) is 0 Å². The first-order valence-corrected chi connectivity index (χ1v) is 9.92. The standard InChI is InChI=1S/C21H27N3O/c25-20(21-11-14-8-15(12-21)10-16(9-14)13-21)22-7-3-6-19-23-17-4-1-2-5-18(17)24-19/h1-2,4-5,14-16H,3,6-13H2,(H,22,25)(H,23,24). The van der Waals surface area contributed by atoms with Crippen molar-refractivity contribution in [1.82, 2.24) is 15.3 Å². The van der Waals surface area contributed by atoms with Crippen molar-refractivity contribution in [2.75, 3.05) is 6.54 Å². The number of nitrogens with one attached hydrogen (secondary N) is 2. The lowest BCUT2D eigenvalue weighted by Gasteiger charge is -2.55. The Morgan fingerprint density at radius 2 is 1.80 bits per heavy atom. The van der Waals surface area contributed by atoms with Crippen LogP contribution in [0, 0.1) is 23.2 Å². The molecule has 0 atom stereocenters. The summed E-state index contributed by atoms with van der Waals surface area (Å²) in [6.07, 6.45) is 9.43. The Balaban J connectivity index is 1.16. The third-order valence-corrected chi connectivity index (χ3v) is 6.83. The molecule has 4 saturated carbocycles. The Kier molecular flexibility index (Phi) is 3.61. The van der Waals surface area contributed by atoms with Crippen LogP contribution in [0.3, 0.4) is 0 Å². The van der Waals surface area contributed by atoms with Gasteiger partial charge in [0.15, 0.2) is 0 Å². The number of aromatic nitrogens is 2. The lowest BCUT2D eigenvalue weighted by Crippen LogP contribution is -2.53. The quantitative estimate of drug-likeness (QED) is 0.815. The van der Waals surface area contributed by atoms with Crippen LogP contribution in [0.5, 0.6) is 0 Å². The number of imidazole rings is 1. The SMILES string of the molecule is O=C(NCCCc1nc2ccccc2[nH]1)C12CC3CC(CC(C3)C1)C2. The number of hydrogen-bond acceptors (Lipinski definition) is 2. The fourth-order valence-corrected chi connectivity index (χ4v) is 6.16. The maximum Gasteiger partial charge on any atom is 0.226 e. The van der Waals surface area contributed by atoms with E-state index in [0.717, 1.165) is 73.3 Å². The number of hydrogen-bond donors (Lipinski definition) is 2. The van der Waals surface area contributed by atoms with Crippen LogP contribution >= 0.6 is 0 Å². The summed E-state index contributed by atoms with van der Waals surface area (Å²) >= 11 is 0. The number of H-pyrrole nitrogens is 1. The molecule has 1 aromatic heterocycles. The number of para-hydroxylation sites is 2. The van der Waals surface area contributed by atoms with Crippen LogP contribution < -0.4 is 5.32 Å². The maximum atomic E-state index is 12.9. The Morgan fingerprint density at radius 1 is 1.12 bits per heavy atom. The van der Waals surface area contributed by atoms with Crippen LogP contribution in [0.2, 0.25) is 0 Å². The Labute approximate surface area is 148 Å². The van der Waals surface area contributed by atoms with Crippen molar-refractivity contribution in [2.45, 2.75) is 51.4 Å². The minimum Gasteiger partial charge on any atom is -0.356 e. The molecule has 0 aliphatic heterocycles. The van der Waals surface area contributed by atoms with E-state index < -0.39 is 0 Å². The molecule has 1 heterocycles. The highest BCUT2D eigenvalue weighted by Gasteiger charge is 2.54. The lowest BCUT2D eigenvalue weighted by molar-refractivity contribution is -0.146. The Morgan fingerprint density at radius 3 is 2.48 bits per heavy atom. The molecule has 2 aromatic rings. The lowest BCUT2D eigenvalue weighted by atomic mass is 9.49. The zero-order valence-corrected chi connectivity index (χ0v) is 14.8. The van der Waals surface area contributed by atoms with Crippen LogP contribution in [-0.2, 0) is 11.2 Å². The molecule has 1 amide bonds. The molecule has 1 aromatic carbocycles. The third-order valence-electron chi connectivity index (χ3n) is 6.83.